The molecule has 0 aliphatic carbocycles. The van der Waals surface area contributed by atoms with Gasteiger partial charge >= 0.3 is 0 Å². The van der Waals surface area contributed by atoms with Crippen LogP contribution in [0.25, 0.3) is 0 Å². The van der Waals surface area contributed by atoms with Gasteiger partial charge in [0.2, 0.25) is 0 Å². The van der Waals surface area contributed by atoms with E-state index in [1.807, 2.05) is 11.8 Å². The number of thioether (sulfide) groups is 1. The minimum Gasteiger partial charge on any atom is -0.389 e. The lowest BCUT2D eigenvalue weighted by molar-refractivity contribution is 0.0441. The maximum Gasteiger partial charge on any atom is 0.0749 e. The summed E-state index contributed by atoms with van der Waals surface area (Å²) in [7, 11) is 1.70. The number of hydrogen-bond acceptors (Lipinski definition) is 3. The summed E-state index contributed by atoms with van der Waals surface area (Å²) >= 11 is 1.87. The monoisotopic (exact) mass is 190 g/mol. The minimum atomic E-state index is -0.400. The molecule has 1 aliphatic rings. The van der Waals surface area contributed by atoms with Gasteiger partial charge in [-0.15, -0.1) is 0 Å². The van der Waals surface area contributed by atoms with Crippen molar-refractivity contribution in [2.75, 3.05) is 19.5 Å². The van der Waals surface area contributed by atoms with E-state index in [2.05, 4.69) is 6.92 Å². The molecule has 0 aromatic heterocycles. The van der Waals surface area contributed by atoms with Gasteiger partial charge in [-0.3, -0.25) is 0 Å². The average Bonchev–Trinajstić information content (AvgIpc) is 2.32. The molecule has 3 heteroatoms. The highest BCUT2D eigenvalue weighted by Gasteiger charge is 2.34. The van der Waals surface area contributed by atoms with Crippen molar-refractivity contribution >= 4 is 11.8 Å². The van der Waals surface area contributed by atoms with Crippen molar-refractivity contribution in [1.82, 2.24) is 0 Å². The van der Waals surface area contributed by atoms with Crippen LogP contribution in [-0.4, -0.2) is 35.4 Å². The summed E-state index contributed by atoms with van der Waals surface area (Å²) in [4.78, 5) is 0. The molecule has 1 saturated heterocycles. The fourth-order valence-corrected chi connectivity index (χ4v) is 2.96. The molecule has 0 amide bonds. The van der Waals surface area contributed by atoms with Crippen molar-refractivity contribution < 1.29 is 9.84 Å². The first-order chi connectivity index (χ1) is 5.66. The van der Waals surface area contributed by atoms with Crippen molar-refractivity contribution in [2.24, 2.45) is 0 Å². The van der Waals surface area contributed by atoms with Gasteiger partial charge in [-0.1, -0.05) is 6.92 Å². The van der Waals surface area contributed by atoms with Gasteiger partial charge in [0.05, 0.1) is 5.60 Å². The quantitative estimate of drug-likeness (QED) is 0.684. The Morgan fingerprint density at radius 1 is 1.67 bits per heavy atom. The van der Waals surface area contributed by atoms with Crippen LogP contribution < -0.4 is 0 Å². The van der Waals surface area contributed by atoms with E-state index >= 15 is 0 Å². The fourth-order valence-electron chi connectivity index (χ4n) is 1.67. The largest absolute Gasteiger partial charge is 0.389 e. The molecular weight excluding hydrogens is 172 g/mol. The summed E-state index contributed by atoms with van der Waals surface area (Å²) in [5.74, 6) is 0.901. The summed E-state index contributed by atoms with van der Waals surface area (Å²) in [5, 5.41) is 10.6. The first kappa shape index (κ1) is 10.4. The molecule has 1 heterocycles. The molecule has 1 N–H and O–H groups in total. The Bertz CT molecular complexity index is 140. The Morgan fingerprint density at radius 2 is 2.42 bits per heavy atom. The highest BCUT2D eigenvalue weighted by Crippen LogP contribution is 2.36. The Balaban J connectivity index is 2.21. The SMILES string of the molecule is COCCCC1(O)CSC(C)C1. The van der Waals surface area contributed by atoms with Crippen LogP contribution >= 0.6 is 11.8 Å². The van der Waals surface area contributed by atoms with Crippen LogP contribution in [0.5, 0.6) is 0 Å². The topological polar surface area (TPSA) is 29.5 Å². The summed E-state index contributed by atoms with van der Waals surface area (Å²) in [5.41, 5.74) is -0.400. The molecule has 2 atom stereocenters. The molecule has 12 heavy (non-hydrogen) atoms. The van der Waals surface area contributed by atoms with Crippen molar-refractivity contribution in [2.45, 2.75) is 37.0 Å². The van der Waals surface area contributed by atoms with Gasteiger partial charge in [0, 0.05) is 24.7 Å². The second kappa shape index (κ2) is 4.49. The van der Waals surface area contributed by atoms with E-state index in [1.165, 1.54) is 0 Å². The smallest absolute Gasteiger partial charge is 0.0749 e. The van der Waals surface area contributed by atoms with Crippen molar-refractivity contribution in [3.8, 4) is 0 Å². The Morgan fingerprint density at radius 3 is 2.92 bits per heavy atom. The van der Waals surface area contributed by atoms with Gasteiger partial charge in [-0.05, 0) is 19.3 Å². The van der Waals surface area contributed by atoms with Gasteiger partial charge in [0.25, 0.3) is 0 Å². The summed E-state index contributed by atoms with van der Waals surface area (Å²) in [6.45, 7) is 2.94. The number of ether oxygens (including phenoxy) is 1. The van der Waals surface area contributed by atoms with Gasteiger partial charge in [-0.25, -0.2) is 0 Å². The second-order valence-electron chi connectivity index (χ2n) is 3.65. The first-order valence-corrected chi connectivity index (χ1v) is 5.54. The zero-order chi connectivity index (χ0) is 9.03. The predicted octanol–water partition coefficient (Wildman–Crippen LogP) is 1.67. The molecule has 2 nitrogen and oxygen atoms in total. The van der Waals surface area contributed by atoms with Gasteiger partial charge in [-0.2, -0.15) is 11.8 Å². The number of methoxy groups -OCH3 is 1. The van der Waals surface area contributed by atoms with Crippen LogP contribution in [0.1, 0.15) is 26.2 Å². The molecule has 1 fully saturated rings. The standard InChI is InChI=1S/C9H18O2S/c1-8-6-9(10,7-12-8)4-3-5-11-2/h8,10H,3-7H2,1-2H3. The molecule has 0 aromatic carbocycles. The average molecular weight is 190 g/mol. The molecule has 1 aliphatic heterocycles. The first-order valence-electron chi connectivity index (χ1n) is 4.49. The van der Waals surface area contributed by atoms with Crippen molar-refractivity contribution in [3.05, 3.63) is 0 Å². The number of hydrogen-bond donors (Lipinski definition) is 1. The zero-order valence-electron chi connectivity index (χ0n) is 7.88. The molecule has 0 aromatic rings. The third-order valence-electron chi connectivity index (χ3n) is 2.29. The second-order valence-corrected chi connectivity index (χ2v) is 5.07. The lowest BCUT2D eigenvalue weighted by atomic mass is 9.95. The molecular formula is C9H18O2S. The van der Waals surface area contributed by atoms with E-state index in [0.717, 1.165) is 31.6 Å². The lowest BCUT2D eigenvalue weighted by Gasteiger charge is -2.20. The van der Waals surface area contributed by atoms with Crippen molar-refractivity contribution in [3.63, 3.8) is 0 Å². The third kappa shape index (κ3) is 2.96. The molecule has 0 saturated carbocycles. The maximum absolute atomic E-state index is 10.0. The van der Waals surface area contributed by atoms with Gasteiger partial charge in [0.1, 0.15) is 0 Å². The van der Waals surface area contributed by atoms with Crippen LogP contribution in [0, 0.1) is 0 Å². The van der Waals surface area contributed by atoms with E-state index in [1.54, 1.807) is 7.11 Å². The number of aliphatic hydroxyl groups is 1. The minimum absolute atomic E-state index is 0.400. The van der Waals surface area contributed by atoms with E-state index in [9.17, 15) is 5.11 Å². The molecule has 2 unspecified atom stereocenters. The van der Waals surface area contributed by atoms with Gasteiger partial charge < -0.3 is 9.84 Å². The Labute approximate surface area is 78.7 Å². The fraction of sp³-hybridized carbons (Fsp3) is 1.00. The van der Waals surface area contributed by atoms with Gasteiger partial charge in [0.15, 0.2) is 0 Å². The van der Waals surface area contributed by atoms with E-state index < -0.39 is 5.60 Å². The Hall–Kier alpha value is 0.270. The molecule has 72 valence electrons. The highest BCUT2D eigenvalue weighted by atomic mass is 32.2. The van der Waals surface area contributed by atoms with E-state index in [4.69, 9.17) is 4.74 Å². The van der Waals surface area contributed by atoms with Crippen molar-refractivity contribution in [1.29, 1.82) is 0 Å². The summed E-state index contributed by atoms with van der Waals surface area (Å²) < 4.78 is 4.96. The van der Waals surface area contributed by atoms with Crippen LogP contribution in [-0.2, 0) is 4.74 Å². The predicted molar refractivity (Wildman–Crippen MR) is 52.6 cm³/mol. The summed E-state index contributed by atoms with van der Waals surface area (Å²) in [6.07, 6.45) is 2.81. The zero-order valence-corrected chi connectivity index (χ0v) is 8.69. The van der Waals surface area contributed by atoms with Crippen LogP contribution in [0.2, 0.25) is 0 Å². The lowest BCUT2D eigenvalue weighted by Crippen LogP contribution is -2.28. The maximum atomic E-state index is 10.0. The third-order valence-corrected chi connectivity index (χ3v) is 3.73. The van der Waals surface area contributed by atoms with E-state index in [-0.39, 0.29) is 0 Å². The van der Waals surface area contributed by atoms with Crippen LogP contribution in [0.3, 0.4) is 0 Å². The van der Waals surface area contributed by atoms with Crippen LogP contribution in [0.4, 0.5) is 0 Å². The highest BCUT2D eigenvalue weighted by molar-refractivity contribution is 8.00. The molecule has 0 radical (unpaired) electrons. The summed E-state index contributed by atoms with van der Waals surface area (Å²) in [6, 6.07) is 0. The normalized spacial score (nSPS) is 35.8. The van der Waals surface area contributed by atoms with E-state index in [0.29, 0.717) is 5.25 Å². The number of rotatable bonds is 4. The molecule has 0 spiro atoms. The Kier molecular flexibility index (Phi) is 3.87. The molecule has 1 rings (SSSR count). The molecule has 0 bridgehead atoms. The van der Waals surface area contributed by atoms with Crippen LogP contribution in [0.15, 0.2) is 0 Å².